The summed E-state index contributed by atoms with van der Waals surface area (Å²) in [7, 11) is 0. The molecule has 1 aliphatic rings. The highest BCUT2D eigenvalue weighted by Gasteiger charge is 2.37. The number of rotatable bonds is 6. The van der Waals surface area contributed by atoms with E-state index in [-0.39, 0.29) is 0 Å². The zero-order valence-corrected chi connectivity index (χ0v) is 15.1. The molecule has 1 aliphatic carbocycles. The number of fused-ring (bicyclic) bond motifs is 2. The summed E-state index contributed by atoms with van der Waals surface area (Å²) in [6, 6.07) is 19.6. The van der Waals surface area contributed by atoms with Gasteiger partial charge >= 0.3 is 0 Å². The number of terminal acetylenes is 1. The van der Waals surface area contributed by atoms with E-state index in [1.165, 1.54) is 27.1 Å². The molecule has 3 aromatic rings. The first-order valence-electron chi connectivity index (χ1n) is 9.50. The molecule has 0 bridgehead atoms. The van der Waals surface area contributed by atoms with Crippen LogP contribution in [0.2, 0.25) is 0 Å². The third kappa shape index (κ3) is 3.02. The van der Waals surface area contributed by atoms with Gasteiger partial charge in [0.05, 0.1) is 0 Å². The second kappa shape index (κ2) is 7.36. The van der Waals surface area contributed by atoms with Crippen molar-refractivity contribution in [3.05, 3.63) is 72.8 Å². The van der Waals surface area contributed by atoms with Gasteiger partial charge in [0.25, 0.3) is 0 Å². The number of allylic oxidation sites excluding steroid dienone is 1. The topological polar surface area (TPSA) is 12.0 Å². The molecule has 3 aromatic carbocycles. The third-order valence-corrected chi connectivity index (χ3v) is 5.95. The molecule has 0 saturated heterocycles. The molecule has 4 rings (SSSR count). The minimum absolute atomic E-state index is 0.429. The fraction of sp³-hybridized carbons (Fsp3) is 0.280. The van der Waals surface area contributed by atoms with Crippen LogP contribution in [-0.2, 0) is 6.54 Å². The lowest BCUT2D eigenvalue weighted by Gasteiger charge is -2.40. The minimum Gasteiger partial charge on any atom is -0.313 e. The maximum Gasteiger partial charge on any atom is 0.0240 e. The molecule has 130 valence electrons. The Morgan fingerprint density at radius 3 is 2.35 bits per heavy atom. The summed E-state index contributed by atoms with van der Waals surface area (Å²) in [5.41, 5.74) is 1.39. The largest absolute Gasteiger partial charge is 0.313 e. The minimum atomic E-state index is 0.429. The van der Waals surface area contributed by atoms with Crippen molar-refractivity contribution in [3.8, 4) is 12.3 Å². The Morgan fingerprint density at radius 2 is 1.73 bits per heavy atom. The van der Waals surface area contributed by atoms with E-state index in [1.807, 2.05) is 0 Å². The van der Waals surface area contributed by atoms with Gasteiger partial charge in [0.1, 0.15) is 0 Å². The predicted octanol–water partition coefficient (Wildman–Crippen LogP) is 5.54. The molecule has 1 fully saturated rings. The lowest BCUT2D eigenvalue weighted by molar-refractivity contribution is 0.147. The highest BCUT2D eigenvalue weighted by molar-refractivity contribution is 6.02. The zero-order valence-electron chi connectivity index (χ0n) is 15.1. The molecule has 0 radical (unpaired) electrons. The van der Waals surface area contributed by atoms with Crippen molar-refractivity contribution in [2.24, 2.45) is 17.8 Å². The van der Waals surface area contributed by atoms with E-state index in [2.05, 4.69) is 78.5 Å². The maximum absolute atomic E-state index is 5.66. The van der Waals surface area contributed by atoms with Crippen molar-refractivity contribution in [2.45, 2.75) is 19.4 Å². The molecule has 3 atom stereocenters. The molecule has 1 N–H and O–H groups in total. The molecule has 0 spiro atoms. The Morgan fingerprint density at radius 1 is 1.08 bits per heavy atom. The summed E-state index contributed by atoms with van der Waals surface area (Å²) in [5.74, 6) is 4.56. The van der Waals surface area contributed by atoms with E-state index in [9.17, 15) is 0 Å². The molecular weight excluding hydrogens is 314 g/mol. The van der Waals surface area contributed by atoms with E-state index in [1.54, 1.807) is 0 Å². The Bertz CT molecular complexity index is 924. The first-order chi connectivity index (χ1) is 12.8. The molecule has 1 nitrogen and oxygen atoms in total. The van der Waals surface area contributed by atoms with Crippen molar-refractivity contribution in [1.82, 2.24) is 5.32 Å². The van der Waals surface area contributed by atoms with Gasteiger partial charge in [0.15, 0.2) is 0 Å². The van der Waals surface area contributed by atoms with E-state index in [4.69, 9.17) is 6.42 Å². The summed E-state index contributed by atoms with van der Waals surface area (Å²) >= 11 is 0. The summed E-state index contributed by atoms with van der Waals surface area (Å²) in [5, 5.41) is 8.97. The summed E-state index contributed by atoms with van der Waals surface area (Å²) in [4.78, 5) is 0. The fourth-order valence-electron chi connectivity index (χ4n) is 4.40. The van der Waals surface area contributed by atoms with Crippen LogP contribution in [0.1, 0.15) is 18.4 Å². The molecule has 26 heavy (non-hydrogen) atoms. The van der Waals surface area contributed by atoms with Gasteiger partial charge in [0.2, 0.25) is 0 Å². The quantitative estimate of drug-likeness (QED) is 0.269. The molecule has 0 aliphatic heterocycles. The van der Waals surface area contributed by atoms with Gasteiger partial charge in [-0.2, -0.15) is 0 Å². The van der Waals surface area contributed by atoms with Gasteiger partial charge in [-0.1, -0.05) is 54.6 Å². The van der Waals surface area contributed by atoms with Crippen LogP contribution >= 0.6 is 0 Å². The standard InChI is InChI=1S/C25H25N/c1-3-18-15-19(4-2)22(18)13-14-26-17-25-23-11-7-5-9-20(23)16-21-10-6-8-12-24(21)25/h1,4-12,16,18-19,22,26H,2,13-15,17H2. The summed E-state index contributed by atoms with van der Waals surface area (Å²) in [6.45, 7) is 5.83. The maximum atomic E-state index is 5.66. The monoisotopic (exact) mass is 339 g/mol. The average Bonchev–Trinajstić information content (AvgIpc) is 2.67. The van der Waals surface area contributed by atoms with Crippen LogP contribution in [0.25, 0.3) is 21.5 Å². The van der Waals surface area contributed by atoms with Gasteiger partial charge < -0.3 is 5.32 Å². The molecule has 0 amide bonds. The molecule has 1 saturated carbocycles. The number of hydrogen-bond donors (Lipinski definition) is 1. The van der Waals surface area contributed by atoms with E-state index >= 15 is 0 Å². The molecule has 1 heteroatoms. The summed E-state index contributed by atoms with van der Waals surface area (Å²) < 4.78 is 0. The molecule has 0 heterocycles. The van der Waals surface area contributed by atoms with Crippen LogP contribution in [-0.4, -0.2) is 6.54 Å². The van der Waals surface area contributed by atoms with Gasteiger partial charge in [-0.3, -0.25) is 0 Å². The second-order valence-corrected chi connectivity index (χ2v) is 7.34. The number of nitrogens with one attached hydrogen (secondary N) is 1. The Balaban J connectivity index is 1.51. The lowest BCUT2D eigenvalue weighted by atomic mass is 9.64. The van der Waals surface area contributed by atoms with Crippen molar-refractivity contribution in [3.63, 3.8) is 0 Å². The predicted molar refractivity (Wildman–Crippen MR) is 112 cm³/mol. The van der Waals surface area contributed by atoms with Crippen LogP contribution in [0.4, 0.5) is 0 Å². The normalized spacial score (nSPS) is 22.0. The summed E-state index contributed by atoms with van der Waals surface area (Å²) in [6.07, 6.45) is 9.97. The third-order valence-electron chi connectivity index (χ3n) is 5.95. The Kier molecular flexibility index (Phi) is 4.78. The van der Waals surface area contributed by atoms with Crippen molar-refractivity contribution < 1.29 is 0 Å². The average molecular weight is 339 g/mol. The number of hydrogen-bond acceptors (Lipinski definition) is 1. The Labute approximate surface area is 156 Å². The number of benzene rings is 3. The van der Waals surface area contributed by atoms with Crippen molar-refractivity contribution in [1.29, 1.82) is 0 Å². The van der Waals surface area contributed by atoms with Gasteiger partial charge in [-0.05, 0) is 64.4 Å². The van der Waals surface area contributed by atoms with Crippen LogP contribution < -0.4 is 5.32 Å². The van der Waals surface area contributed by atoms with Crippen molar-refractivity contribution >= 4 is 21.5 Å². The first kappa shape index (κ1) is 16.9. The van der Waals surface area contributed by atoms with Crippen LogP contribution in [0.3, 0.4) is 0 Å². The fourth-order valence-corrected chi connectivity index (χ4v) is 4.40. The highest BCUT2D eigenvalue weighted by Crippen LogP contribution is 2.42. The van der Waals surface area contributed by atoms with E-state index in [0.717, 1.165) is 25.9 Å². The van der Waals surface area contributed by atoms with Crippen LogP contribution in [0, 0.1) is 30.1 Å². The van der Waals surface area contributed by atoms with Gasteiger partial charge in [-0.25, -0.2) is 0 Å². The SMILES string of the molecule is C#CC1CC(C=C)C1CCNCc1c2ccccc2cc2ccccc12. The van der Waals surface area contributed by atoms with Gasteiger partial charge in [0, 0.05) is 12.5 Å². The lowest BCUT2D eigenvalue weighted by Crippen LogP contribution is -2.36. The molecular formula is C25H25N. The van der Waals surface area contributed by atoms with E-state index < -0.39 is 0 Å². The van der Waals surface area contributed by atoms with E-state index in [0.29, 0.717) is 17.8 Å². The second-order valence-electron chi connectivity index (χ2n) is 7.34. The van der Waals surface area contributed by atoms with Gasteiger partial charge in [-0.15, -0.1) is 18.9 Å². The van der Waals surface area contributed by atoms with Crippen molar-refractivity contribution in [2.75, 3.05) is 6.54 Å². The van der Waals surface area contributed by atoms with Crippen LogP contribution in [0.5, 0.6) is 0 Å². The Hall–Kier alpha value is -2.56. The molecule has 3 unspecified atom stereocenters. The zero-order chi connectivity index (χ0) is 17.9. The smallest absolute Gasteiger partial charge is 0.0240 e. The first-order valence-corrected chi connectivity index (χ1v) is 9.50. The highest BCUT2D eigenvalue weighted by atomic mass is 14.8. The molecule has 0 aromatic heterocycles. The van der Waals surface area contributed by atoms with Crippen LogP contribution in [0.15, 0.2) is 67.3 Å².